The van der Waals surface area contributed by atoms with Gasteiger partial charge in [-0.1, -0.05) is 51.3 Å². The van der Waals surface area contributed by atoms with Crippen LogP contribution in [-0.2, 0) is 11.3 Å². The molecule has 10 heteroatoms. The van der Waals surface area contributed by atoms with E-state index in [1.807, 2.05) is 58.8 Å². The molecule has 184 valence electrons. The number of aromatic nitrogens is 1. The zero-order valence-corrected chi connectivity index (χ0v) is 22.7. The quantitative estimate of drug-likeness (QED) is 0.208. The van der Waals surface area contributed by atoms with Gasteiger partial charge < -0.3 is 15.3 Å². The smallest absolute Gasteiger partial charge is 0.305 e. The van der Waals surface area contributed by atoms with E-state index in [0.717, 1.165) is 32.1 Å². The minimum atomic E-state index is -0.964. The summed E-state index contributed by atoms with van der Waals surface area (Å²) in [5.74, 6) is -1.30. The van der Waals surface area contributed by atoms with Gasteiger partial charge in [-0.15, -0.1) is 11.3 Å². The number of hydrogen-bond acceptors (Lipinski definition) is 5. The molecule has 4 aromatic rings. The Kier molecular flexibility index (Phi) is 8.64. The number of aliphatic carboxylic acids is 1. The molecule has 0 aliphatic rings. The van der Waals surface area contributed by atoms with Crippen LogP contribution in [0.4, 0.5) is 10.8 Å². The molecule has 4 rings (SSSR count). The summed E-state index contributed by atoms with van der Waals surface area (Å²) in [6, 6.07) is 20.4. The topological polar surface area (TPSA) is 82.5 Å². The van der Waals surface area contributed by atoms with Crippen molar-refractivity contribution in [2.24, 2.45) is 0 Å². The van der Waals surface area contributed by atoms with Gasteiger partial charge >= 0.3 is 5.97 Å². The molecule has 3 aromatic carbocycles. The van der Waals surface area contributed by atoms with Crippen molar-refractivity contribution in [3.8, 4) is 11.3 Å². The van der Waals surface area contributed by atoms with Gasteiger partial charge in [0.2, 0.25) is 0 Å². The van der Waals surface area contributed by atoms with Crippen molar-refractivity contribution in [3.05, 3.63) is 97.8 Å². The first kappa shape index (κ1) is 26.2. The minimum Gasteiger partial charge on any atom is -0.481 e. The molecule has 1 aromatic heterocycles. The second kappa shape index (κ2) is 11.9. The van der Waals surface area contributed by atoms with E-state index in [0.29, 0.717) is 22.2 Å². The van der Waals surface area contributed by atoms with Crippen LogP contribution in [0, 0.1) is 0 Å². The summed E-state index contributed by atoms with van der Waals surface area (Å²) < 4.78 is 0.994. The fourth-order valence-corrected chi connectivity index (χ4v) is 5.16. The number of amides is 1. The van der Waals surface area contributed by atoms with Crippen molar-refractivity contribution in [1.82, 2.24) is 10.3 Å². The number of carboxylic acids is 1. The molecule has 2 N–H and O–H groups in total. The molecule has 6 nitrogen and oxygen atoms in total. The number of carbonyl (C=O) groups excluding carboxylic acids is 1. The molecule has 1 heterocycles. The maximum atomic E-state index is 12.4. The average Bonchev–Trinajstić information content (AvgIpc) is 3.32. The number of hydrogen-bond donors (Lipinski definition) is 2. The van der Waals surface area contributed by atoms with Crippen molar-refractivity contribution < 1.29 is 14.7 Å². The number of thiazole rings is 1. The second-order valence-electron chi connectivity index (χ2n) is 7.83. The predicted octanol–water partition coefficient (Wildman–Crippen LogP) is 7.42. The van der Waals surface area contributed by atoms with Crippen LogP contribution in [0.15, 0.2) is 76.6 Å². The third-order valence-electron chi connectivity index (χ3n) is 5.19. The Labute approximate surface area is 230 Å². The van der Waals surface area contributed by atoms with E-state index in [-0.39, 0.29) is 18.9 Å². The van der Waals surface area contributed by atoms with Gasteiger partial charge in [0, 0.05) is 43.3 Å². The molecule has 36 heavy (non-hydrogen) atoms. The van der Waals surface area contributed by atoms with Crippen LogP contribution < -0.4 is 10.2 Å². The predicted molar refractivity (Wildman–Crippen MR) is 149 cm³/mol. The Morgan fingerprint density at radius 3 is 2.31 bits per heavy atom. The molecule has 1 amide bonds. The molecule has 0 bridgehead atoms. The molecule has 0 aliphatic heterocycles. The van der Waals surface area contributed by atoms with Gasteiger partial charge in [-0.05, 0) is 60.2 Å². The Morgan fingerprint density at radius 2 is 1.67 bits per heavy atom. The number of carboxylic acid groups (broad SMARTS) is 1. The molecule has 0 spiro atoms. The lowest BCUT2D eigenvalue weighted by atomic mass is 10.1. The first-order valence-corrected chi connectivity index (χ1v) is 13.3. The van der Waals surface area contributed by atoms with Crippen LogP contribution in [0.2, 0.25) is 10.0 Å². The summed E-state index contributed by atoms with van der Waals surface area (Å²) >= 11 is 17.4. The maximum absolute atomic E-state index is 12.4. The monoisotopic (exact) mass is 603 g/mol. The minimum absolute atomic E-state index is 0.0650. The average molecular weight is 605 g/mol. The van der Waals surface area contributed by atoms with Crippen molar-refractivity contribution in [2.75, 3.05) is 11.4 Å². The Hall–Kier alpha value is -2.91. The van der Waals surface area contributed by atoms with Gasteiger partial charge in [0.25, 0.3) is 5.91 Å². The number of nitrogens with one attached hydrogen (secondary N) is 1. The summed E-state index contributed by atoms with van der Waals surface area (Å²) in [4.78, 5) is 30.0. The summed E-state index contributed by atoms with van der Waals surface area (Å²) in [7, 11) is 0. The molecule has 0 saturated carbocycles. The number of benzene rings is 3. The molecular formula is C26H20BrCl2N3O3S. The zero-order chi connectivity index (χ0) is 25.7. The fourth-order valence-electron chi connectivity index (χ4n) is 3.47. The lowest BCUT2D eigenvalue weighted by molar-refractivity contribution is -0.136. The molecule has 0 radical (unpaired) electrons. The number of carbonyl (C=O) groups is 2. The molecule has 0 fully saturated rings. The highest BCUT2D eigenvalue weighted by atomic mass is 79.9. The summed E-state index contributed by atoms with van der Waals surface area (Å²) in [5.41, 5.74) is 4.02. The SMILES string of the molecule is O=C(O)CCNC(=O)c1ccc(N(Cc2cc(Cl)cc(Cl)c2)c2nc(-c3ccc(Br)cc3)cs2)cc1. The van der Waals surface area contributed by atoms with Crippen LogP contribution in [0.1, 0.15) is 22.3 Å². The van der Waals surface area contributed by atoms with Crippen LogP contribution in [0.3, 0.4) is 0 Å². The highest BCUT2D eigenvalue weighted by Gasteiger charge is 2.17. The molecule has 0 unspecified atom stereocenters. The van der Waals surface area contributed by atoms with E-state index < -0.39 is 5.97 Å². The van der Waals surface area contributed by atoms with Crippen LogP contribution in [0.25, 0.3) is 11.3 Å². The van der Waals surface area contributed by atoms with Crippen LogP contribution in [-0.4, -0.2) is 28.5 Å². The molecule has 0 saturated heterocycles. The Balaban J connectivity index is 1.63. The number of nitrogens with zero attached hydrogens (tertiary/aromatic N) is 2. The Bertz CT molecular complexity index is 1360. The van der Waals surface area contributed by atoms with Gasteiger partial charge in [0.15, 0.2) is 5.13 Å². The zero-order valence-electron chi connectivity index (χ0n) is 18.7. The van der Waals surface area contributed by atoms with Gasteiger partial charge in [-0.3, -0.25) is 9.59 Å². The number of halogens is 3. The van der Waals surface area contributed by atoms with Crippen molar-refractivity contribution in [1.29, 1.82) is 0 Å². The lowest BCUT2D eigenvalue weighted by Crippen LogP contribution is -2.26. The third kappa shape index (κ3) is 6.85. The molecule has 0 aliphatic carbocycles. The van der Waals surface area contributed by atoms with E-state index in [2.05, 4.69) is 21.2 Å². The normalized spacial score (nSPS) is 10.8. The van der Waals surface area contributed by atoms with E-state index >= 15 is 0 Å². The highest BCUT2D eigenvalue weighted by molar-refractivity contribution is 9.10. The first-order valence-electron chi connectivity index (χ1n) is 10.8. The summed E-state index contributed by atoms with van der Waals surface area (Å²) in [5, 5.41) is 15.2. The van der Waals surface area contributed by atoms with E-state index in [1.165, 1.54) is 11.3 Å². The molecular weight excluding hydrogens is 585 g/mol. The van der Waals surface area contributed by atoms with E-state index in [9.17, 15) is 9.59 Å². The van der Waals surface area contributed by atoms with Gasteiger partial charge in [0.1, 0.15) is 0 Å². The van der Waals surface area contributed by atoms with Crippen molar-refractivity contribution >= 4 is 73.2 Å². The van der Waals surface area contributed by atoms with Crippen molar-refractivity contribution in [2.45, 2.75) is 13.0 Å². The van der Waals surface area contributed by atoms with Gasteiger partial charge in [-0.2, -0.15) is 0 Å². The standard InChI is InChI=1S/C26H20BrCl2N3O3S/c27-19-5-1-17(2-6-19)23-15-36-26(31-23)32(14-16-11-20(28)13-21(29)12-16)22-7-3-18(4-8-22)25(35)30-10-9-24(33)34/h1-8,11-13,15H,9-10,14H2,(H,30,35)(H,33,34). The van der Waals surface area contributed by atoms with E-state index in [4.69, 9.17) is 33.3 Å². The van der Waals surface area contributed by atoms with Crippen molar-refractivity contribution in [3.63, 3.8) is 0 Å². The van der Waals surface area contributed by atoms with E-state index in [1.54, 1.807) is 18.2 Å². The molecule has 0 atom stereocenters. The van der Waals surface area contributed by atoms with Gasteiger partial charge in [0.05, 0.1) is 18.7 Å². The van der Waals surface area contributed by atoms with Crippen LogP contribution in [0.5, 0.6) is 0 Å². The summed E-state index contributed by atoms with van der Waals surface area (Å²) in [6.07, 6.45) is -0.134. The number of rotatable bonds is 9. The van der Waals surface area contributed by atoms with Gasteiger partial charge in [-0.25, -0.2) is 4.98 Å². The Morgan fingerprint density at radius 1 is 1.00 bits per heavy atom. The highest BCUT2D eigenvalue weighted by Crippen LogP contribution is 2.34. The second-order valence-corrected chi connectivity index (χ2v) is 10.5. The number of anilines is 2. The van der Waals surface area contributed by atoms with Crippen LogP contribution >= 0.6 is 50.5 Å². The fraction of sp³-hybridized carbons (Fsp3) is 0.115. The first-order chi connectivity index (χ1) is 17.3. The maximum Gasteiger partial charge on any atom is 0.305 e. The third-order valence-corrected chi connectivity index (χ3v) is 7.02. The summed E-state index contributed by atoms with van der Waals surface area (Å²) in [6.45, 7) is 0.521. The lowest BCUT2D eigenvalue weighted by Gasteiger charge is -2.23. The largest absolute Gasteiger partial charge is 0.481 e.